The molecule has 0 saturated carbocycles. The van der Waals surface area contributed by atoms with Crippen molar-refractivity contribution in [3.05, 3.63) is 54.1 Å². The quantitative estimate of drug-likeness (QED) is 0.943. The summed E-state index contributed by atoms with van der Waals surface area (Å²) < 4.78 is 0. The number of aromatic nitrogens is 2. The van der Waals surface area contributed by atoms with Gasteiger partial charge in [-0.15, -0.1) is 0 Å². The van der Waals surface area contributed by atoms with E-state index in [4.69, 9.17) is 0 Å². The normalized spacial score (nSPS) is 15.4. The second kappa shape index (κ2) is 7.22. The third kappa shape index (κ3) is 4.06. The lowest BCUT2D eigenvalue weighted by atomic mass is 9.99. The van der Waals surface area contributed by atoms with Gasteiger partial charge in [-0.3, -0.25) is 14.8 Å². The Labute approximate surface area is 136 Å². The second-order valence-corrected chi connectivity index (χ2v) is 6.08. The van der Waals surface area contributed by atoms with Gasteiger partial charge in [0, 0.05) is 31.2 Å². The Morgan fingerprint density at radius 2 is 2.04 bits per heavy atom. The summed E-state index contributed by atoms with van der Waals surface area (Å²) in [6.45, 7) is 4.52. The largest absolute Gasteiger partial charge is 0.379 e. The van der Waals surface area contributed by atoms with E-state index in [2.05, 4.69) is 22.2 Å². The Kier molecular flexibility index (Phi) is 4.86. The third-order valence-electron chi connectivity index (χ3n) is 4.25. The molecule has 0 bridgehead atoms. The molecule has 1 saturated heterocycles. The molecule has 0 aliphatic carbocycles. The van der Waals surface area contributed by atoms with Crippen molar-refractivity contribution in [3.8, 4) is 0 Å². The standard InChI is InChI=1S/C18H22N4O/c1-14-6-10-22(11-7-14)18(23)17-12-15(5-9-20-17)21-13-16-4-2-3-8-19-16/h2-5,8-9,12,14H,6-7,10-11,13H2,1H3,(H,20,21). The van der Waals surface area contributed by atoms with Crippen LogP contribution in [0.15, 0.2) is 42.7 Å². The first kappa shape index (κ1) is 15.5. The maximum atomic E-state index is 12.6. The molecule has 3 rings (SSSR count). The maximum absolute atomic E-state index is 12.6. The number of amides is 1. The van der Waals surface area contributed by atoms with Gasteiger partial charge >= 0.3 is 0 Å². The first-order valence-electron chi connectivity index (χ1n) is 8.11. The molecule has 2 aromatic rings. The molecule has 3 heterocycles. The predicted molar refractivity (Wildman–Crippen MR) is 90.1 cm³/mol. The summed E-state index contributed by atoms with van der Waals surface area (Å²) in [6.07, 6.45) is 5.60. The number of rotatable bonds is 4. The minimum Gasteiger partial charge on any atom is -0.379 e. The van der Waals surface area contributed by atoms with Crippen LogP contribution in [-0.2, 0) is 6.54 Å². The summed E-state index contributed by atoms with van der Waals surface area (Å²) in [5.74, 6) is 0.733. The second-order valence-electron chi connectivity index (χ2n) is 6.08. The van der Waals surface area contributed by atoms with E-state index >= 15 is 0 Å². The number of carbonyl (C=O) groups excluding carboxylic acids is 1. The number of carbonyl (C=O) groups is 1. The van der Waals surface area contributed by atoms with Crippen LogP contribution in [-0.4, -0.2) is 33.9 Å². The summed E-state index contributed by atoms with van der Waals surface area (Å²) in [5.41, 5.74) is 2.35. The number of hydrogen-bond donors (Lipinski definition) is 1. The lowest BCUT2D eigenvalue weighted by Crippen LogP contribution is -2.38. The summed E-state index contributed by atoms with van der Waals surface area (Å²) in [6, 6.07) is 9.52. The molecule has 0 radical (unpaired) electrons. The molecule has 0 spiro atoms. The van der Waals surface area contributed by atoms with Crippen LogP contribution >= 0.6 is 0 Å². The minimum absolute atomic E-state index is 0.0263. The number of nitrogens with zero attached hydrogens (tertiary/aromatic N) is 3. The number of piperidine rings is 1. The lowest BCUT2D eigenvalue weighted by molar-refractivity contribution is 0.0691. The molecule has 1 fully saturated rings. The van der Waals surface area contributed by atoms with Crippen LogP contribution in [0.25, 0.3) is 0 Å². The minimum atomic E-state index is 0.0263. The zero-order valence-corrected chi connectivity index (χ0v) is 13.4. The SMILES string of the molecule is CC1CCN(C(=O)c2cc(NCc3ccccn3)ccn2)CC1. The van der Waals surface area contributed by atoms with Crippen molar-refractivity contribution in [2.45, 2.75) is 26.3 Å². The van der Waals surface area contributed by atoms with Crippen LogP contribution in [0, 0.1) is 5.92 Å². The summed E-state index contributed by atoms with van der Waals surface area (Å²) in [7, 11) is 0. The third-order valence-corrected chi connectivity index (χ3v) is 4.25. The molecule has 0 unspecified atom stereocenters. The van der Waals surface area contributed by atoms with E-state index in [1.807, 2.05) is 35.2 Å². The number of likely N-dealkylation sites (tertiary alicyclic amines) is 1. The maximum Gasteiger partial charge on any atom is 0.272 e. The zero-order valence-electron chi connectivity index (χ0n) is 13.4. The van der Waals surface area contributed by atoms with Gasteiger partial charge in [-0.1, -0.05) is 13.0 Å². The van der Waals surface area contributed by atoms with Crippen LogP contribution in [0.5, 0.6) is 0 Å². The summed E-state index contributed by atoms with van der Waals surface area (Å²) >= 11 is 0. The van der Waals surface area contributed by atoms with Crippen molar-refractivity contribution in [2.24, 2.45) is 5.92 Å². The van der Waals surface area contributed by atoms with Gasteiger partial charge in [0.2, 0.25) is 0 Å². The fourth-order valence-corrected chi connectivity index (χ4v) is 2.73. The smallest absolute Gasteiger partial charge is 0.272 e. The van der Waals surface area contributed by atoms with Crippen molar-refractivity contribution < 1.29 is 4.79 Å². The van der Waals surface area contributed by atoms with Crippen LogP contribution in [0.2, 0.25) is 0 Å². The monoisotopic (exact) mass is 310 g/mol. The zero-order chi connectivity index (χ0) is 16.1. The van der Waals surface area contributed by atoms with E-state index in [0.29, 0.717) is 18.2 Å². The average Bonchev–Trinajstić information content (AvgIpc) is 2.61. The highest BCUT2D eigenvalue weighted by molar-refractivity contribution is 5.93. The van der Waals surface area contributed by atoms with Gasteiger partial charge in [0.25, 0.3) is 5.91 Å². The molecule has 0 atom stereocenters. The Balaban J connectivity index is 1.64. The molecular formula is C18H22N4O. The fraction of sp³-hybridized carbons (Fsp3) is 0.389. The highest BCUT2D eigenvalue weighted by atomic mass is 16.2. The first-order valence-corrected chi connectivity index (χ1v) is 8.11. The van der Waals surface area contributed by atoms with E-state index in [-0.39, 0.29) is 5.91 Å². The van der Waals surface area contributed by atoms with E-state index in [1.165, 1.54) is 0 Å². The first-order chi connectivity index (χ1) is 11.2. The van der Waals surface area contributed by atoms with Crippen molar-refractivity contribution in [1.29, 1.82) is 0 Å². The summed E-state index contributed by atoms with van der Waals surface area (Å²) in [5, 5.41) is 3.29. The van der Waals surface area contributed by atoms with Gasteiger partial charge < -0.3 is 10.2 Å². The van der Waals surface area contributed by atoms with E-state index in [9.17, 15) is 4.79 Å². The molecule has 0 aromatic carbocycles. The van der Waals surface area contributed by atoms with Crippen LogP contribution in [0.4, 0.5) is 5.69 Å². The van der Waals surface area contributed by atoms with Crippen molar-refractivity contribution in [1.82, 2.24) is 14.9 Å². The fourth-order valence-electron chi connectivity index (χ4n) is 2.73. The van der Waals surface area contributed by atoms with Crippen molar-refractivity contribution >= 4 is 11.6 Å². The number of hydrogen-bond acceptors (Lipinski definition) is 4. The molecule has 2 aromatic heterocycles. The van der Waals surface area contributed by atoms with Gasteiger partial charge in [-0.2, -0.15) is 0 Å². The lowest BCUT2D eigenvalue weighted by Gasteiger charge is -2.30. The van der Waals surface area contributed by atoms with E-state index < -0.39 is 0 Å². The Bertz CT molecular complexity index is 651. The molecule has 1 aliphatic rings. The highest BCUT2D eigenvalue weighted by Gasteiger charge is 2.22. The number of nitrogens with one attached hydrogen (secondary N) is 1. The van der Waals surface area contributed by atoms with Gasteiger partial charge in [-0.25, -0.2) is 0 Å². The van der Waals surface area contributed by atoms with Crippen LogP contribution in [0.1, 0.15) is 35.9 Å². The van der Waals surface area contributed by atoms with Gasteiger partial charge in [-0.05, 0) is 43.0 Å². The molecule has 5 nitrogen and oxygen atoms in total. The Morgan fingerprint density at radius 1 is 1.22 bits per heavy atom. The molecule has 1 N–H and O–H groups in total. The topological polar surface area (TPSA) is 58.1 Å². The Hall–Kier alpha value is -2.43. The Morgan fingerprint density at radius 3 is 2.78 bits per heavy atom. The molecular weight excluding hydrogens is 288 g/mol. The van der Waals surface area contributed by atoms with Crippen molar-refractivity contribution in [3.63, 3.8) is 0 Å². The van der Waals surface area contributed by atoms with Gasteiger partial charge in [0.15, 0.2) is 0 Å². The number of anilines is 1. The van der Waals surface area contributed by atoms with Gasteiger partial charge in [0.1, 0.15) is 5.69 Å². The van der Waals surface area contributed by atoms with Crippen molar-refractivity contribution in [2.75, 3.05) is 18.4 Å². The molecule has 1 aliphatic heterocycles. The number of pyridine rings is 2. The van der Waals surface area contributed by atoms with E-state index in [1.54, 1.807) is 12.4 Å². The summed E-state index contributed by atoms with van der Waals surface area (Å²) in [4.78, 5) is 23.0. The van der Waals surface area contributed by atoms with Crippen LogP contribution < -0.4 is 5.32 Å². The molecule has 1 amide bonds. The predicted octanol–water partition coefficient (Wildman–Crippen LogP) is 2.96. The molecule has 5 heteroatoms. The molecule has 23 heavy (non-hydrogen) atoms. The highest BCUT2D eigenvalue weighted by Crippen LogP contribution is 2.18. The van der Waals surface area contributed by atoms with E-state index in [0.717, 1.165) is 37.3 Å². The van der Waals surface area contributed by atoms with Crippen LogP contribution in [0.3, 0.4) is 0 Å². The molecule has 120 valence electrons. The van der Waals surface area contributed by atoms with Gasteiger partial charge in [0.05, 0.1) is 12.2 Å². The average molecular weight is 310 g/mol.